The lowest BCUT2D eigenvalue weighted by Crippen LogP contribution is -2.17. The van der Waals surface area contributed by atoms with Gasteiger partial charge in [0.1, 0.15) is 0 Å². The summed E-state index contributed by atoms with van der Waals surface area (Å²) in [6.45, 7) is 0.930. The highest BCUT2D eigenvalue weighted by atomic mass is 16.7. The quantitative estimate of drug-likeness (QED) is 0.865. The average molecular weight is 231 g/mol. The molecule has 0 bridgehead atoms. The molecule has 1 aliphatic heterocycles. The van der Waals surface area contributed by atoms with Crippen LogP contribution in [0.3, 0.4) is 0 Å². The van der Waals surface area contributed by atoms with Gasteiger partial charge in [-0.05, 0) is 23.8 Å². The fraction of sp³-hybridized carbons (Fsp3) is 0.250. The number of aromatic nitrogens is 2. The van der Waals surface area contributed by atoms with Crippen LogP contribution < -0.4 is 15.2 Å². The molecule has 0 fully saturated rings. The summed E-state index contributed by atoms with van der Waals surface area (Å²) in [5.41, 5.74) is 7.14. The molecule has 88 valence electrons. The normalized spacial score (nSPS) is 14.9. The minimum absolute atomic E-state index is 0.107. The summed E-state index contributed by atoms with van der Waals surface area (Å²) in [6, 6.07) is 7.55. The molecular weight excluding hydrogens is 218 g/mol. The van der Waals surface area contributed by atoms with Crippen LogP contribution in [0.4, 0.5) is 0 Å². The van der Waals surface area contributed by atoms with E-state index in [2.05, 4.69) is 5.10 Å². The highest BCUT2D eigenvalue weighted by molar-refractivity contribution is 5.45. The molecule has 0 radical (unpaired) electrons. The molecule has 3 rings (SSSR count). The van der Waals surface area contributed by atoms with Crippen LogP contribution in [-0.2, 0) is 6.54 Å². The Balaban J connectivity index is 1.79. The lowest BCUT2D eigenvalue weighted by Gasteiger charge is -2.12. The third-order valence-corrected chi connectivity index (χ3v) is 2.77. The van der Waals surface area contributed by atoms with Crippen LogP contribution >= 0.6 is 0 Å². The monoisotopic (exact) mass is 231 g/mol. The van der Waals surface area contributed by atoms with Gasteiger partial charge in [-0.2, -0.15) is 5.10 Å². The maximum atomic E-state index is 6.12. The average Bonchev–Trinajstić information content (AvgIpc) is 2.97. The first-order chi connectivity index (χ1) is 8.33. The van der Waals surface area contributed by atoms with Gasteiger partial charge in [-0.3, -0.25) is 4.68 Å². The Bertz CT molecular complexity index is 510. The molecule has 0 amide bonds. The van der Waals surface area contributed by atoms with Crippen molar-refractivity contribution in [3.05, 3.63) is 42.2 Å². The molecule has 0 saturated carbocycles. The second-order valence-corrected chi connectivity index (χ2v) is 3.95. The molecule has 0 spiro atoms. The second kappa shape index (κ2) is 4.10. The summed E-state index contributed by atoms with van der Waals surface area (Å²) in [5.74, 6) is 1.54. The van der Waals surface area contributed by atoms with E-state index in [1.807, 2.05) is 35.1 Å². The van der Waals surface area contributed by atoms with Gasteiger partial charge in [-0.1, -0.05) is 6.07 Å². The van der Waals surface area contributed by atoms with Gasteiger partial charge in [0.05, 0.1) is 6.54 Å². The van der Waals surface area contributed by atoms with Gasteiger partial charge in [0, 0.05) is 18.4 Å². The Labute approximate surface area is 98.8 Å². The number of ether oxygens (including phenoxy) is 2. The summed E-state index contributed by atoms with van der Waals surface area (Å²) in [4.78, 5) is 0. The molecule has 1 aliphatic rings. The van der Waals surface area contributed by atoms with Crippen molar-refractivity contribution in [2.45, 2.75) is 12.6 Å². The number of fused-ring (bicyclic) bond motifs is 1. The smallest absolute Gasteiger partial charge is 0.231 e. The Morgan fingerprint density at radius 2 is 2.24 bits per heavy atom. The Morgan fingerprint density at radius 1 is 1.35 bits per heavy atom. The first-order valence-corrected chi connectivity index (χ1v) is 5.45. The van der Waals surface area contributed by atoms with Crippen LogP contribution in [0.1, 0.15) is 11.6 Å². The minimum atomic E-state index is -0.107. The molecule has 0 aliphatic carbocycles. The molecule has 1 aromatic carbocycles. The Hall–Kier alpha value is -2.01. The van der Waals surface area contributed by atoms with E-state index in [0.717, 1.165) is 17.1 Å². The predicted octanol–water partition coefficient (Wildman–Crippen LogP) is 1.31. The number of rotatable bonds is 3. The standard InChI is InChI=1S/C12H13N3O2/c13-10(7-15-5-1-4-14-15)9-2-3-11-12(6-9)17-8-16-11/h1-6,10H,7-8,13H2. The topological polar surface area (TPSA) is 62.3 Å². The number of benzene rings is 1. The lowest BCUT2D eigenvalue weighted by molar-refractivity contribution is 0.174. The van der Waals surface area contributed by atoms with E-state index >= 15 is 0 Å². The zero-order valence-electron chi connectivity index (χ0n) is 9.24. The Morgan fingerprint density at radius 3 is 3.06 bits per heavy atom. The molecule has 17 heavy (non-hydrogen) atoms. The molecule has 5 heteroatoms. The summed E-state index contributed by atoms with van der Waals surface area (Å²) >= 11 is 0. The van der Waals surface area contributed by atoms with Crippen molar-refractivity contribution in [3.63, 3.8) is 0 Å². The molecule has 2 heterocycles. The number of hydrogen-bond donors (Lipinski definition) is 1. The van der Waals surface area contributed by atoms with E-state index in [0.29, 0.717) is 6.54 Å². The van der Waals surface area contributed by atoms with Crippen LogP contribution in [0.15, 0.2) is 36.7 Å². The van der Waals surface area contributed by atoms with Gasteiger partial charge in [-0.15, -0.1) is 0 Å². The Kier molecular flexibility index (Phi) is 2.45. The van der Waals surface area contributed by atoms with Crippen molar-refractivity contribution in [1.29, 1.82) is 0 Å². The third-order valence-electron chi connectivity index (χ3n) is 2.77. The maximum absolute atomic E-state index is 6.12. The fourth-order valence-electron chi connectivity index (χ4n) is 1.86. The van der Waals surface area contributed by atoms with Gasteiger partial charge in [0.2, 0.25) is 6.79 Å². The van der Waals surface area contributed by atoms with E-state index in [1.54, 1.807) is 6.20 Å². The second-order valence-electron chi connectivity index (χ2n) is 3.95. The van der Waals surface area contributed by atoms with E-state index in [1.165, 1.54) is 0 Å². The van der Waals surface area contributed by atoms with Crippen LogP contribution in [0.2, 0.25) is 0 Å². The van der Waals surface area contributed by atoms with Crippen LogP contribution in [0.5, 0.6) is 11.5 Å². The summed E-state index contributed by atoms with van der Waals surface area (Å²) in [7, 11) is 0. The van der Waals surface area contributed by atoms with Crippen LogP contribution in [0, 0.1) is 0 Å². The van der Waals surface area contributed by atoms with E-state index < -0.39 is 0 Å². The van der Waals surface area contributed by atoms with E-state index in [9.17, 15) is 0 Å². The van der Waals surface area contributed by atoms with Crippen molar-refractivity contribution in [1.82, 2.24) is 9.78 Å². The van der Waals surface area contributed by atoms with E-state index in [4.69, 9.17) is 15.2 Å². The molecule has 1 atom stereocenters. The molecule has 2 aromatic rings. The minimum Gasteiger partial charge on any atom is -0.454 e. The van der Waals surface area contributed by atoms with Crippen molar-refractivity contribution < 1.29 is 9.47 Å². The maximum Gasteiger partial charge on any atom is 0.231 e. The van der Waals surface area contributed by atoms with Crippen molar-refractivity contribution in [3.8, 4) is 11.5 Å². The molecule has 2 N–H and O–H groups in total. The molecule has 0 saturated heterocycles. The zero-order valence-corrected chi connectivity index (χ0v) is 9.24. The van der Waals surface area contributed by atoms with Gasteiger partial charge in [-0.25, -0.2) is 0 Å². The molecular formula is C12H13N3O2. The fourth-order valence-corrected chi connectivity index (χ4v) is 1.86. The van der Waals surface area contributed by atoms with Gasteiger partial charge < -0.3 is 15.2 Å². The zero-order chi connectivity index (χ0) is 11.7. The van der Waals surface area contributed by atoms with Crippen LogP contribution in [0.25, 0.3) is 0 Å². The largest absolute Gasteiger partial charge is 0.454 e. The highest BCUT2D eigenvalue weighted by Crippen LogP contribution is 2.33. The molecule has 1 aromatic heterocycles. The van der Waals surface area contributed by atoms with Gasteiger partial charge in [0.15, 0.2) is 11.5 Å². The van der Waals surface area contributed by atoms with E-state index in [-0.39, 0.29) is 12.8 Å². The van der Waals surface area contributed by atoms with Crippen molar-refractivity contribution >= 4 is 0 Å². The lowest BCUT2D eigenvalue weighted by atomic mass is 10.1. The van der Waals surface area contributed by atoms with Crippen LogP contribution in [-0.4, -0.2) is 16.6 Å². The number of hydrogen-bond acceptors (Lipinski definition) is 4. The first-order valence-electron chi connectivity index (χ1n) is 5.45. The molecule has 5 nitrogen and oxygen atoms in total. The molecule has 1 unspecified atom stereocenters. The van der Waals surface area contributed by atoms with Crippen molar-refractivity contribution in [2.24, 2.45) is 5.73 Å². The summed E-state index contributed by atoms with van der Waals surface area (Å²) < 4.78 is 12.4. The SMILES string of the molecule is NC(Cn1cccn1)c1ccc2c(c1)OCO2. The number of nitrogens with zero attached hydrogens (tertiary/aromatic N) is 2. The predicted molar refractivity (Wildman–Crippen MR) is 61.7 cm³/mol. The summed E-state index contributed by atoms with van der Waals surface area (Å²) in [6.07, 6.45) is 3.64. The summed E-state index contributed by atoms with van der Waals surface area (Å²) in [5, 5.41) is 4.13. The highest BCUT2D eigenvalue weighted by Gasteiger charge is 2.16. The third kappa shape index (κ3) is 1.97. The first kappa shape index (κ1) is 10.2. The van der Waals surface area contributed by atoms with Crippen molar-refractivity contribution in [2.75, 3.05) is 6.79 Å². The number of nitrogens with two attached hydrogens (primary N) is 1. The van der Waals surface area contributed by atoms with Gasteiger partial charge in [0.25, 0.3) is 0 Å². The van der Waals surface area contributed by atoms with Gasteiger partial charge >= 0.3 is 0 Å².